The third-order valence-electron chi connectivity index (χ3n) is 8.86. The summed E-state index contributed by atoms with van der Waals surface area (Å²) in [6.45, 7) is 12.2. The zero-order chi connectivity index (χ0) is 33.4. The van der Waals surface area contributed by atoms with Crippen LogP contribution in [-0.4, -0.2) is 64.1 Å². The Morgan fingerprint density at radius 3 is 2.52 bits per heavy atom. The van der Waals surface area contributed by atoms with E-state index < -0.39 is 17.3 Å². The van der Waals surface area contributed by atoms with Crippen molar-refractivity contribution in [3.63, 3.8) is 0 Å². The van der Waals surface area contributed by atoms with Gasteiger partial charge in [0.2, 0.25) is 5.91 Å². The van der Waals surface area contributed by atoms with Crippen LogP contribution in [0.25, 0.3) is 27.7 Å². The van der Waals surface area contributed by atoms with Crippen LogP contribution in [0, 0.1) is 18.6 Å². The van der Waals surface area contributed by atoms with Crippen LogP contribution in [0.2, 0.25) is 10.0 Å². The fraction of sp³-hybridized carbons (Fsp3) is 0.333. The first-order valence-corrected chi connectivity index (χ1v) is 15.6. The van der Waals surface area contributed by atoms with Crippen molar-refractivity contribution in [2.45, 2.75) is 45.7 Å². The van der Waals surface area contributed by atoms with Gasteiger partial charge in [0.1, 0.15) is 5.82 Å². The number of hydrogen-bond acceptors (Lipinski definition) is 7. The standard InChI is InChI=1S/C33H33Cl2F2N7O2/c1-7-23(45)42-12-17(5)43-18(14-42)13-41(6)31-25-22(10-19(26(31)36)24-27(37)20(34)11-21(35)28(24)38)44(33(46)40-32(25)43)30-16(4)8-9-39-29(30)15(2)3/h7-11,15,17-18H,1,12-14,38H2,2-6H3. The monoisotopic (exact) mass is 667 g/mol. The number of amides is 1. The van der Waals surface area contributed by atoms with Crippen molar-refractivity contribution < 1.29 is 13.6 Å². The zero-order valence-electron chi connectivity index (χ0n) is 26.0. The number of nitrogens with zero attached hydrogens (tertiary/aromatic N) is 6. The van der Waals surface area contributed by atoms with Crippen LogP contribution in [0.4, 0.5) is 26.0 Å². The van der Waals surface area contributed by atoms with E-state index in [0.717, 1.165) is 5.56 Å². The molecule has 0 spiro atoms. The van der Waals surface area contributed by atoms with Crippen LogP contribution in [0.3, 0.4) is 0 Å². The van der Waals surface area contributed by atoms with E-state index in [4.69, 9.17) is 28.9 Å². The Hall–Kier alpha value is -4.22. The number of anilines is 3. The van der Waals surface area contributed by atoms with Gasteiger partial charge in [0.25, 0.3) is 0 Å². The van der Waals surface area contributed by atoms with Crippen LogP contribution in [0.5, 0.6) is 0 Å². The van der Waals surface area contributed by atoms with Gasteiger partial charge in [-0.15, -0.1) is 0 Å². The molecule has 4 aromatic rings. The molecule has 2 aromatic carbocycles. The van der Waals surface area contributed by atoms with Crippen LogP contribution in [0.15, 0.2) is 41.8 Å². The normalized spacial score (nSPS) is 17.8. The second kappa shape index (κ2) is 11.5. The van der Waals surface area contributed by atoms with Gasteiger partial charge in [-0.3, -0.25) is 14.3 Å². The Labute approximate surface area is 274 Å². The van der Waals surface area contributed by atoms with Gasteiger partial charge < -0.3 is 20.4 Å². The van der Waals surface area contributed by atoms with Crippen LogP contribution in [0.1, 0.15) is 37.9 Å². The number of piperazine rings is 1. The number of aryl methyl sites for hydroxylation is 1. The molecule has 0 bridgehead atoms. The number of aromatic nitrogens is 3. The first-order valence-electron chi connectivity index (χ1n) is 14.9. The predicted molar refractivity (Wildman–Crippen MR) is 180 cm³/mol. The molecule has 0 saturated carbocycles. The molecule has 13 heteroatoms. The fourth-order valence-corrected chi connectivity index (χ4v) is 7.32. The molecule has 1 fully saturated rings. The van der Waals surface area contributed by atoms with Crippen molar-refractivity contribution in [2.24, 2.45) is 0 Å². The van der Waals surface area contributed by atoms with Crippen molar-refractivity contribution >= 4 is 57.2 Å². The van der Waals surface area contributed by atoms with Gasteiger partial charge in [0, 0.05) is 50.0 Å². The number of hydrogen-bond donors (Lipinski definition) is 1. The Morgan fingerprint density at radius 1 is 1.13 bits per heavy atom. The molecule has 6 rings (SSSR count). The van der Waals surface area contributed by atoms with Crippen molar-refractivity contribution in [1.29, 1.82) is 0 Å². The first-order chi connectivity index (χ1) is 21.8. The first kappa shape index (κ1) is 31.7. The molecule has 1 amide bonds. The van der Waals surface area contributed by atoms with E-state index in [9.17, 15) is 9.59 Å². The molecule has 2 aliphatic heterocycles. The van der Waals surface area contributed by atoms with Gasteiger partial charge in [-0.05, 0) is 49.6 Å². The van der Waals surface area contributed by atoms with E-state index in [1.807, 2.05) is 32.6 Å². The van der Waals surface area contributed by atoms with Gasteiger partial charge in [-0.25, -0.2) is 13.6 Å². The number of benzene rings is 2. The number of carbonyl (C=O) groups is 1. The number of rotatable bonds is 4. The summed E-state index contributed by atoms with van der Waals surface area (Å²) in [6, 6.07) is 3.70. The van der Waals surface area contributed by atoms with Gasteiger partial charge in [0.05, 0.1) is 49.7 Å². The average molecular weight is 669 g/mol. The van der Waals surface area contributed by atoms with Gasteiger partial charge in [-0.1, -0.05) is 43.6 Å². The third-order valence-corrected chi connectivity index (χ3v) is 9.45. The Morgan fingerprint density at radius 2 is 1.85 bits per heavy atom. The van der Waals surface area contributed by atoms with Crippen molar-refractivity contribution in [3.8, 4) is 16.8 Å². The van der Waals surface area contributed by atoms with E-state index in [2.05, 4.69) is 16.5 Å². The van der Waals surface area contributed by atoms with E-state index >= 15 is 8.78 Å². The van der Waals surface area contributed by atoms with Crippen LogP contribution < -0.4 is 21.2 Å². The maximum atomic E-state index is 17.1. The Kier molecular flexibility index (Phi) is 7.97. The molecule has 4 heterocycles. The number of halogens is 4. The number of fused-ring (bicyclic) bond motifs is 2. The molecule has 46 heavy (non-hydrogen) atoms. The highest BCUT2D eigenvalue weighted by molar-refractivity contribution is 6.37. The largest absolute Gasteiger partial charge is 0.397 e. The summed E-state index contributed by atoms with van der Waals surface area (Å²) in [4.78, 5) is 41.6. The highest BCUT2D eigenvalue weighted by Crippen LogP contribution is 2.47. The van der Waals surface area contributed by atoms with E-state index in [0.29, 0.717) is 29.9 Å². The van der Waals surface area contributed by atoms with Crippen molar-refractivity contribution in [2.75, 3.05) is 42.2 Å². The molecule has 9 nitrogen and oxygen atoms in total. The topological polar surface area (TPSA) is 101 Å². The zero-order valence-corrected chi connectivity index (χ0v) is 27.5. The Bertz CT molecular complexity index is 1990. The molecule has 2 N–H and O–H groups in total. The SMILES string of the molecule is C=CC(=O)N1CC(C)N2c3nc(=O)n(-c4c(C)ccnc4C(C)C)c4cc(-c5c(N)c(Cl)cc(Cl)c5F)c(F)c(c34)N(C)CC2C1. The average Bonchev–Trinajstić information content (AvgIpc) is 3.12. The minimum absolute atomic E-state index is 0.0453. The lowest BCUT2D eigenvalue weighted by molar-refractivity contribution is -0.127. The number of nitrogens with two attached hydrogens (primary N) is 1. The molecule has 1 saturated heterocycles. The maximum absolute atomic E-state index is 17.1. The quantitative estimate of drug-likeness (QED) is 0.160. The number of carbonyl (C=O) groups excluding carboxylic acids is 1. The number of likely N-dealkylation sites (N-methyl/N-ethyl adjacent to an activating group) is 1. The van der Waals surface area contributed by atoms with Crippen molar-refractivity contribution in [3.05, 3.63) is 80.5 Å². The summed E-state index contributed by atoms with van der Waals surface area (Å²) in [5.41, 5.74) is 7.17. The summed E-state index contributed by atoms with van der Waals surface area (Å²) in [5, 5.41) is -0.0221. The van der Waals surface area contributed by atoms with Crippen molar-refractivity contribution in [1.82, 2.24) is 19.4 Å². The van der Waals surface area contributed by atoms with Crippen LogP contribution >= 0.6 is 23.2 Å². The molecular weight excluding hydrogens is 635 g/mol. The minimum atomic E-state index is -0.946. The maximum Gasteiger partial charge on any atom is 0.354 e. The number of nitrogen functional groups attached to an aromatic ring is 1. The summed E-state index contributed by atoms with van der Waals surface area (Å²) in [6.07, 6.45) is 2.93. The Balaban J connectivity index is 1.79. The summed E-state index contributed by atoms with van der Waals surface area (Å²) < 4.78 is 34.4. The molecule has 0 radical (unpaired) electrons. The number of pyridine rings is 1. The molecule has 2 unspecified atom stereocenters. The second-order valence-corrected chi connectivity index (χ2v) is 13.0. The lowest BCUT2D eigenvalue weighted by Crippen LogP contribution is -2.61. The van der Waals surface area contributed by atoms with Gasteiger partial charge in [0.15, 0.2) is 11.6 Å². The van der Waals surface area contributed by atoms with E-state index in [-0.39, 0.29) is 74.3 Å². The summed E-state index contributed by atoms with van der Waals surface area (Å²) >= 11 is 12.5. The molecule has 2 aromatic heterocycles. The molecule has 2 aliphatic rings. The highest BCUT2D eigenvalue weighted by atomic mass is 35.5. The summed E-state index contributed by atoms with van der Waals surface area (Å²) in [5.74, 6) is -1.78. The third kappa shape index (κ3) is 4.79. The lowest BCUT2D eigenvalue weighted by atomic mass is 9.97. The van der Waals surface area contributed by atoms with Gasteiger partial charge in [-0.2, -0.15) is 4.98 Å². The van der Waals surface area contributed by atoms with E-state index in [1.165, 1.54) is 22.8 Å². The minimum Gasteiger partial charge on any atom is -0.397 e. The predicted octanol–water partition coefficient (Wildman–Crippen LogP) is 6.09. The second-order valence-electron chi connectivity index (χ2n) is 12.2. The van der Waals surface area contributed by atoms with Gasteiger partial charge >= 0.3 is 5.69 Å². The molecule has 240 valence electrons. The van der Waals surface area contributed by atoms with E-state index in [1.54, 1.807) is 29.1 Å². The smallest absolute Gasteiger partial charge is 0.354 e. The molecule has 0 aliphatic carbocycles. The fourth-order valence-electron chi connectivity index (χ4n) is 6.86. The molecular formula is C33H33Cl2F2N7O2. The highest BCUT2D eigenvalue weighted by Gasteiger charge is 2.41. The lowest BCUT2D eigenvalue weighted by Gasteiger charge is -2.46. The molecule has 2 atom stereocenters. The van der Waals surface area contributed by atoms with Crippen LogP contribution in [-0.2, 0) is 4.79 Å². The summed E-state index contributed by atoms with van der Waals surface area (Å²) in [7, 11) is 1.71.